The highest BCUT2D eigenvalue weighted by atomic mass is 16.7. The molecule has 0 rings (SSSR count). The van der Waals surface area contributed by atoms with Gasteiger partial charge >= 0.3 is 23.7 Å². The van der Waals surface area contributed by atoms with E-state index in [1.165, 1.54) is 0 Å². The third-order valence-electron chi connectivity index (χ3n) is 1.41. The highest BCUT2D eigenvalue weighted by molar-refractivity contribution is 5.89. The Labute approximate surface area is 109 Å². The Kier molecular flexibility index (Phi) is 9.88. The summed E-state index contributed by atoms with van der Waals surface area (Å²) in [6.45, 7) is 6.82. The molecule has 3 N–H and O–H groups in total. The van der Waals surface area contributed by atoms with E-state index in [0.29, 0.717) is 0 Å². The van der Waals surface area contributed by atoms with Gasteiger partial charge in [-0.3, -0.25) is 0 Å². The fourth-order valence-electron chi connectivity index (χ4n) is 0.575. The molecule has 0 aliphatic heterocycles. The van der Waals surface area contributed by atoms with E-state index < -0.39 is 23.7 Å². The van der Waals surface area contributed by atoms with Crippen molar-refractivity contribution in [2.45, 2.75) is 12.7 Å². The summed E-state index contributed by atoms with van der Waals surface area (Å²) in [6.07, 6.45) is 1.51. The van der Waals surface area contributed by atoms with Crippen LogP contribution in [0.25, 0.3) is 0 Å². The van der Waals surface area contributed by atoms with Gasteiger partial charge in [-0.15, -0.1) is 0 Å². The summed E-state index contributed by atoms with van der Waals surface area (Å²) in [5.74, 6) is -6.03. The molecule has 108 valence electrons. The summed E-state index contributed by atoms with van der Waals surface area (Å²) < 4.78 is 8.75. The SMILES string of the molecule is C=CC(=O)OC(C)(OC(=O)C=C)C(=O)O.OCCO. The molecular formula is C11H16O8. The third-order valence-corrected chi connectivity index (χ3v) is 1.41. The second-order valence-corrected chi connectivity index (χ2v) is 2.95. The van der Waals surface area contributed by atoms with Gasteiger partial charge in [0, 0.05) is 19.1 Å². The number of aliphatic hydroxyl groups is 2. The summed E-state index contributed by atoms with van der Waals surface area (Å²) in [5, 5.41) is 23.9. The Hall–Kier alpha value is -2.19. The maximum absolute atomic E-state index is 10.8. The summed E-state index contributed by atoms with van der Waals surface area (Å²) in [5.41, 5.74) is 0. The van der Waals surface area contributed by atoms with Crippen LogP contribution in [0.1, 0.15) is 6.92 Å². The molecule has 8 heteroatoms. The van der Waals surface area contributed by atoms with Crippen molar-refractivity contribution in [3.05, 3.63) is 25.3 Å². The summed E-state index contributed by atoms with van der Waals surface area (Å²) >= 11 is 0. The second-order valence-electron chi connectivity index (χ2n) is 2.95. The number of hydrogen-bond acceptors (Lipinski definition) is 7. The number of aliphatic hydroxyl groups excluding tert-OH is 2. The average Bonchev–Trinajstić information content (AvgIpc) is 2.38. The molecule has 0 aromatic carbocycles. The second kappa shape index (κ2) is 9.80. The molecule has 19 heavy (non-hydrogen) atoms. The molecule has 0 saturated carbocycles. The topological polar surface area (TPSA) is 130 Å². The van der Waals surface area contributed by atoms with Crippen molar-refractivity contribution in [3.63, 3.8) is 0 Å². The molecule has 0 radical (unpaired) electrons. The lowest BCUT2D eigenvalue weighted by Crippen LogP contribution is -2.44. The van der Waals surface area contributed by atoms with Gasteiger partial charge in [0.1, 0.15) is 0 Å². The number of aliphatic carboxylic acids is 1. The van der Waals surface area contributed by atoms with Gasteiger partial charge in [-0.05, 0) is 0 Å². The standard InChI is InChI=1S/C9H10O6.C2H6O2/c1-4-6(10)14-9(3,8(12)13)15-7(11)5-2;3-1-2-4/h4-5H,1-2H2,3H3,(H,12,13);3-4H,1-2H2. The predicted octanol–water partition coefficient (Wildman–Crippen LogP) is -0.783. The molecule has 0 aromatic rings. The number of carbonyl (C=O) groups is 3. The third kappa shape index (κ3) is 8.52. The first-order chi connectivity index (χ1) is 8.77. The highest BCUT2D eigenvalue weighted by Crippen LogP contribution is 2.14. The van der Waals surface area contributed by atoms with Crippen LogP contribution in [0.2, 0.25) is 0 Å². The van der Waals surface area contributed by atoms with Gasteiger partial charge in [-0.1, -0.05) is 13.2 Å². The fraction of sp³-hybridized carbons (Fsp3) is 0.364. The number of carbonyl (C=O) groups excluding carboxylic acids is 2. The molecular weight excluding hydrogens is 260 g/mol. The zero-order chi connectivity index (χ0) is 15.5. The van der Waals surface area contributed by atoms with Crippen LogP contribution < -0.4 is 0 Å². The van der Waals surface area contributed by atoms with Crippen molar-refractivity contribution >= 4 is 17.9 Å². The molecule has 0 amide bonds. The minimum Gasteiger partial charge on any atom is -0.475 e. The van der Waals surface area contributed by atoms with Crippen LogP contribution in [0.15, 0.2) is 25.3 Å². The average molecular weight is 276 g/mol. The zero-order valence-electron chi connectivity index (χ0n) is 10.4. The van der Waals surface area contributed by atoms with E-state index in [0.717, 1.165) is 19.1 Å². The first-order valence-corrected chi connectivity index (χ1v) is 4.93. The van der Waals surface area contributed by atoms with E-state index in [4.69, 9.17) is 15.3 Å². The van der Waals surface area contributed by atoms with Crippen LogP contribution in [-0.4, -0.2) is 52.2 Å². The van der Waals surface area contributed by atoms with Crippen molar-refractivity contribution in [2.24, 2.45) is 0 Å². The molecule has 8 nitrogen and oxygen atoms in total. The fourth-order valence-corrected chi connectivity index (χ4v) is 0.575. The van der Waals surface area contributed by atoms with Crippen LogP contribution >= 0.6 is 0 Å². The lowest BCUT2D eigenvalue weighted by Gasteiger charge is -2.23. The minimum atomic E-state index is -2.38. The van der Waals surface area contributed by atoms with Gasteiger partial charge in [0.2, 0.25) is 0 Å². The number of rotatable bonds is 6. The Bertz CT molecular complexity index is 323. The van der Waals surface area contributed by atoms with Crippen LogP contribution in [0.5, 0.6) is 0 Å². The quantitative estimate of drug-likeness (QED) is 0.327. The monoisotopic (exact) mass is 276 g/mol. The Morgan fingerprint density at radius 3 is 1.53 bits per heavy atom. The normalized spacial score (nSPS) is 9.42. The van der Waals surface area contributed by atoms with Crippen LogP contribution in [0.4, 0.5) is 0 Å². The molecule has 0 aromatic heterocycles. The summed E-state index contributed by atoms with van der Waals surface area (Å²) in [7, 11) is 0. The van der Waals surface area contributed by atoms with Crippen LogP contribution in [-0.2, 0) is 23.9 Å². The lowest BCUT2D eigenvalue weighted by atomic mass is 10.3. The van der Waals surface area contributed by atoms with Crippen molar-refractivity contribution < 1.29 is 39.2 Å². The molecule has 0 fully saturated rings. The van der Waals surface area contributed by atoms with Crippen molar-refractivity contribution in [1.82, 2.24) is 0 Å². The number of hydrogen-bond donors (Lipinski definition) is 3. The Morgan fingerprint density at radius 2 is 1.37 bits per heavy atom. The molecule has 0 unspecified atom stereocenters. The Morgan fingerprint density at radius 1 is 1.05 bits per heavy atom. The van der Waals surface area contributed by atoms with Gasteiger partial charge in [0.05, 0.1) is 13.2 Å². The molecule has 0 heterocycles. The van der Waals surface area contributed by atoms with E-state index in [1.807, 2.05) is 0 Å². The minimum absolute atomic E-state index is 0.125. The van der Waals surface area contributed by atoms with Crippen molar-refractivity contribution in [3.8, 4) is 0 Å². The van der Waals surface area contributed by atoms with Gasteiger partial charge < -0.3 is 24.8 Å². The highest BCUT2D eigenvalue weighted by Gasteiger charge is 2.41. The van der Waals surface area contributed by atoms with E-state index in [-0.39, 0.29) is 13.2 Å². The first kappa shape index (κ1) is 19.2. The van der Waals surface area contributed by atoms with Gasteiger partial charge in [0.15, 0.2) is 0 Å². The lowest BCUT2D eigenvalue weighted by molar-refractivity contribution is -0.226. The Balaban J connectivity index is 0. The van der Waals surface area contributed by atoms with Gasteiger partial charge in [0.25, 0.3) is 0 Å². The number of esters is 2. The molecule has 0 aliphatic carbocycles. The maximum Gasteiger partial charge on any atom is 0.390 e. The number of carboxylic acids is 1. The smallest absolute Gasteiger partial charge is 0.390 e. The maximum atomic E-state index is 10.8. The molecule has 0 atom stereocenters. The van der Waals surface area contributed by atoms with Crippen LogP contribution in [0, 0.1) is 0 Å². The molecule has 0 aliphatic rings. The van der Waals surface area contributed by atoms with E-state index in [9.17, 15) is 14.4 Å². The van der Waals surface area contributed by atoms with Gasteiger partial charge in [-0.25, -0.2) is 14.4 Å². The zero-order valence-corrected chi connectivity index (χ0v) is 10.4. The van der Waals surface area contributed by atoms with E-state index in [2.05, 4.69) is 22.6 Å². The van der Waals surface area contributed by atoms with Crippen LogP contribution in [0.3, 0.4) is 0 Å². The summed E-state index contributed by atoms with van der Waals surface area (Å²) in [6, 6.07) is 0. The molecule has 0 spiro atoms. The first-order valence-electron chi connectivity index (χ1n) is 4.93. The molecule has 0 saturated heterocycles. The van der Waals surface area contributed by atoms with E-state index >= 15 is 0 Å². The molecule has 0 bridgehead atoms. The van der Waals surface area contributed by atoms with Crippen molar-refractivity contribution in [2.75, 3.05) is 13.2 Å². The summed E-state index contributed by atoms with van der Waals surface area (Å²) in [4.78, 5) is 32.3. The largest absolute Gasteiger partial charge is 0.475 e. The number of carboxylic acid groups (broad SMARTS) is 1. The van der Waals surface area contributed by atoms with E-state index in [1.54, 1.807) is 0 Å². The van der Waals surface area contributed by atoms with Gasteiger partial charge in [-0.2, -0.15) is 0 Å². The number of ether oxygens (including phenoxy) is 2. The predicted molar refractivity (Wildman–Crippen MR) is 62.8 cm³/mol. The van der Waals surface area contributed by atoms with Crippen molar-refractivity contribution in [1.29, 1.82) is 0 Å².